The Hall–Kier alpha value is -6.55. The Bertz CT molecular complexity index is 1960. The van der Waals surface area contributed by atoms with Crippen molar-refractivity contribution >= 4 is 70.8 Å². The van der Waals surface area contributed by atoms with E-state index in [1.54, 1.807) is 18.2 Å². The van der Waals surface area contributed by atoms with E-state index in [9.17, 15) is 58.2 Å². The Morgan fingerprint density at radius 2 is 1.27 bits per heavy atom. The first-order valence-electron chi connectivity index (χ1n) is 19.1. The molecule has 0 aliphatic carbocycles. The van der Waals surface area contributed by atoms with Gasteiger partial charge in [-0.1, -0.05) is 48.9 Å². The third-order valence-corrected chi connectivity index (χ3v) is 10.1. The van der Waals surface area contributed by atoms with Crippen molar-refractivity contribution in [2.75, 3.05) is 18.1 Å². The molecule has 7 atom stereocenters. The topological polar surface area (TPSA) is 353 Å². The van der Waals surface area contributed by atoms with Crippen molar-refractivity contribution < 1.29 is 68.0 Å². The molecule has 22 heteroatoms. The number of Topliss-reactive ketones (excluding diaryl/α,β-unsaturated/α-hetero) is 1. The summed E-state index contributed by atoms with van der Waals surface area (Å²) in [5.41, 5.74) is 12.3. The third-order valence-electron chi connectivity index (χ3n) is 8.89. The Balaban J connectivity index is 2.28. The van der Waals surface area contributed by atoms with Crippen LogP contribution in [0.5, 0.6) is 5.75 Å². The standard InChI is InChI=1S/C40H53N7O14S/c1-20-6-5-7-25(12-20)14-27(22(3)48)43-39(59)30(16-33(52)53)45-38(58)29(13-24-8-10-26(11-9-24)61-17-34(54)55)46-40(60)35(23(4)49)47-32(51)19-62-18-21(2)37(57)44-28(36(42)56)15-31(41)50/h5-12,21,23,27-30,35,49H,13-19H2,1-4H3,(H2,41,50)(H2,42,56)(H,43,59)(H,44,57)(H,45,58)(H,46,60)(H,47,51)(H,52,53)(H,54,55)/t21-,23?,27-,28+,29-,30-,35-/m0/s1. The molecule has 2 aromatic carbocycles. The maximum atomic E-state index is 13.9. The van der Waals surface area contributed by atoms with Gasteiger partial charge in [0.2, 0.25) is 41.4 Å². The highest BCUT2D eigenvalue weighted by Gasteiger charge is 2.34. The van der Waals surface area contributed by atoms with Gasteiger partial charge in [0.25, 0.3) is 0 Å². The molecule has 0 saturated carbocycles. The number of primary amides is 2. The average Bonchev–Trinajstić information content (AvgIpc) is 3.17. The number of thioether (sulfide) groups is 1. The number of amides is 7. The molecule has 338 valence electrons. The molecule has 0 fully saturated rings. The first-order chi connectivity index (χ1) is 29.1. The molecule has 2 rings (SSSR count). The fourth-order valence-electron chi connectivity index (χ4n) is 5.64. The largest absolute Gasteiger partial charge is 0.482 e. The summed E-state index contributed by atoms with van der Waals surface area (Å²) >= 11 is 0.952. The second kappa shape index (κ2) is 25.3. The minimum absolute atomic E-state index is 0.0272. The molecular formula is C40H53N7O14S. The van der Waals surface area contributed by atoms with E-state index in [1.165, 1.54) is 45.0 Å². The van der Waals surface area contributed by atoms with Gasteiger partial charge in [0.15, 0.2) is 12.4 Å². The lowest BCUT2D eigenvalue weighted by Crippen LogP contribution is -2.60. The molecule has 0 aromatic heterocycles. The number of carboxylic acid groups (broad SMARTS) is 2. The lowest BCUT2D eigenvalue weighted by molar-refractivity contribution is -0.141. The number of ether oxygens (including phenoxy) is 1. The molecule has 0 heterocycles. The highest BCUT2D eigenvalue weighted by molar-refractivity contribution is 7.99. The van der Waals surface area contributed by atoms with Gasteiger partial charge in [0, 0.05) is 18.1 Å². The smallest absolute Gasteiger partial charge is 0.341 e. The van der Waals surface area contributed by atoms with Crippen LogP contribution < -0.4 is 42.8 Å². The van der Waals surface area contributed by atoms with Crippen molar-refractivity contribution in [3.8, 4) is 5.75 Å². The average molecular weight is 888 g/mol. The number of carbonyl (C=O) groups is 10. The molecule has 1 unspecified atom stereocenters. The van der Waals surface area contributed by atoms with Gasteiger partial charge in [-0.3, -0.25) is 43.2 Å². The number of benzene rings is 2. The summed E-state index contributed by atoms with van der Waals surface area (Å²) in [5.74, 6) is -10.5. The number of ketones is 1. The molecule has 0 aliphatic rings. The van der Waals surface area contributed by atoms with Crippen molar-refractivity contribution in [2.45, 2.75) is 89.7 Å². The van der Waals surface area contributed by atoms with Crippen LogP contribution in [0.3, 0.4) is 0 Å². The van der Waals surface area contributed by atoms with Crippen LogP contribution in [0.1, 0.15) is 50.3 Å². The van der Waals surface area contributed by atoms with E-state index < -0.39 is 121 Å². The number of nitrogens with two attached hydrogens (primary N) is 2. The molecule has 0 bridgehead atoms. The van der Waals surface area contributed by atoms with Gasteiger partial charge in [0.1, 0.15) is 29.9 Å². The summed E-state index contributed by atoms with van der Waals surface area (Å²) in [4.78, 5) is 125. The molecule has 7 amide bonds. The predicted molar refractivity (Wildman–Crippen MR) is 222 cm³/mol. The van der Waals surface area contributed by atoms with E-state index in [2.05, 4.69) is 26.6 Å². The fraction of sp³-hybridized carbons (Fsp3) is 0.450. The molecule has 2 aromatic rings. The van der Waals surface area contributed by atoms with E-state index in [0.29, 0.717) is 11.1 Å². The predicted octanol–water partition coefficient (Wildman–Crippen LogP) is -2.16. The normalized spacial score (nSPS) is 14.2. The number of aliphatic hydroxyl groups is 1. The summed E-state index contributed by atoms with van der Waals surface area (Å²) in [6.45, 7) is 5.10. The van der Waals surface area contributed by atoms with Crippen molar-refractivity contribution in [2.24, 2.45) is 17.4 Å². The van der Waals surface area contributed by atoms with Crippen molar-refractivity contribution in [1.29, 1.82) is 0 Å². The van der Waals surface area contributed by atoms with E-state index in [-0.39, 0.29) is 30.1 Å². The zero-order valence-electron chi connectivity index (χ0n) is 34.5. The number of carboxylic acids is 2. The molecule has 0 spiro atoms. The number of hydrogen-bond donors (Lipinski definition) is 10. The van der Waals surface area contributed by atoms with Crippen molar-refractivity contribution in [1.82, 2.24) is 26.6 Å². The summed E-state index contributed by atoms with van der Waals surface area (Å²) in [6.07, 6.45) is -3.22. The van der Waals surface area contributed by atoms with Gasteiger partial charge in [-0.15, -0.1) is 0 Å². The molecule has 0 aliphatic heterocycles. The number of aliphatic carboxylic acids is 2. The lowest BCUT2D eigenvalue weighted by Gasteiger charge is -2.27. The monoisotopic (exact) mass is 887 g/mol. The lowest BCUT2D eigenvalue weighted by atomic mass is 10.0. The second-order valence-corrected chi connectivity index (χ2v) is 15.5. The SMILES string of the molecule is CC(=O)[C@H](Cc1cccc(C)c1)NC(=O)[C@H](CC(=O)O)NC(=O)[C@H](Cc1ccc(OCC(=O)O)cc1)NC(=O)[C@@H](NC(=O)CSC[C@H](C)C(=O)N[C@H](CC(N)=O)C(N)=O)C(C)O. The van der Waals surface area contributed by atoms with E-state index in [1.807, 2.05) is 13.0 Å². The van der Waals surface area contributed by atoms with Crippen LogP contribution in [0, 0.1) is 12.8 Å². The van der Waals surface area contributed by atoms with Crippen molar-refractivity contribution in [3.63, 3.8) is 0 Å². The Morgan fingerprint density at radius 3 is 1.82 bits per heavy atom. The maximum absolute atomic E-state index is 13.9. The summed E-state index contributed by atoms with van der Waals surface area (Å²) in [5, 5.41) is 41.1. The van der Waals surface area contributed by atoms with Crippen LogP contribution in [0.4, 0.5) is 0 Å². The first-order valence-corrected chi connectivity index (χ1v) is 20.3. The van der Waals surface area contributed by atoms with Crippen LogP contribution in [0.15, 0.2) is 48.5 Å². The number of aliphatic hydroxyl groups excluding tert-OH is 1. The quantitative estimate of drug-likeness (QED) is 0.0457. The van der Waals surface area contributed by atoms with Crippen LogP contribution >= 0.6 is 11.8 Å². The summed E-state index contributed by atoms with van der Waals surface area (Å²) in [6, 6.07) is 5.42. The van der Waals surface area contributed by atoms with Gasteiger partial charge in [-0.05, 0) is 50.5 Å². The Kier molecular flexibility index (Phi) is 21.0. The summed E-state index contributed by atoms with van der Waals surface area (Å²) in [7, 11) is 0. The third kappa shape index (κ3) is 18.8. The van der Waals surface area contributed by atoms with Crippen LogP contribution in [0.2, 0.25) is 0 Å². The first kappa shape index (κ1) is 51.6. The van der Waals surface area contributed by atoms with Crippen molar-refractivity contribution in [3.05, 3.63) is 65.2 Å². The van der Waals surface area contributed by atoms with Gasteiger partial charge >= 0.3 is 11.9 Å². The molecule has 62 heavy (non-hydrogen) atoms. The van der Waals surface area contributed by atoms with E-state index >= 15 is 0 Å². The number of carbonyl (C=O) groups excluding carboxylic acids is 8. The zero-order valence-corrected chi connectivity index (χ0v) is 35.3. The Labute approximate surface area is 360 Å². The van der Waals surface area contributed by atoms with Crippen LogP contribution in [-0.2, 0) is 60.8 Å². The minimum Gasteiger partial charge on any atom is -0.482 e. The number of rotatable bonds is 27. The molecule has 0 radical (unpaired) electrons. The number of hydrogen-bond acceptors (Lipinski definition) is 13. The van der Waals surface area contributed by atoms with Gasteiger partial charge < -0.3 is 58.1 Å². The summed E-state index contributed by atoms with van der Waals surface area (Å²) < 4.78 is 5.14. The van der Waals surface area contributed by atoms with E-state index in [4.69, 9.17) is 21.3 Å². The van der Waals surface area contributed by atoms with Gasteiger partial charge in [0.05, 0.1) is 30.7 Å². The number of nitrogens with one attached hydrogen (secondary N) is 5. The molecular weight excluding hydrogens is 835 g/mol. The molecule has 0 saturated heterocycles. The van der Waals surface area contributed by atoms with Gasteiger partial charge in [-0.25, -0.2) is 4.79 Å². The van der Waals surface area contributed by atoms with E-state index in [0.717, 1.165) is 17.3 Å². The highest BCUT2D eigenvalue weighted by Crippen LogP contribution is 2.15. The number of aryl methyl sites for hydroxylation is 1. The molecule has 21 nitrogen and oxygen atoms in total. The van der Waals surface area contributed by atoms with Crippen LogP contribution in [-0.4, -0.2) is 129 Å². The van der Waals surface area contributed by atoms with Gasteiger partial charge in [-0.2, -0.15) is 11.8 Å². The Morgan fingerprint density at radius 1 is 0.694 bits per heavy atom. The molecule has 12 N–H and O–H groups in total. The fourth-order valence-corrected chi connectivity index (χ4v) is 6.53. The zero-order chi connectivity index (χ0) is 46.7. The minimum atomic E-state index is -1.75. The maximum Gasteiger partial charge on any atom is 0.341 e. The highest BCUT2D eigenvalue weighted by atomic mass is 32.2. The second-order valence-electron chi connectivity index (χ2n) is 14.5. The van der Waals surface area contributed by atoms with Crippen LogP contribution in [0.25, 0.3) is 0 Å².